The van der Waals surface area contributed by atoms with Gasteiger partial charge in [-0.05, 0) is 0 Å². The van der Waals surface area contributed by atoms with Crippen LogP contribution < -0.4 is 22.9 Å². The van der Waals surface area contributed by atoms with Crippen LogP contribution in [0.1, 0.15) is 0 Å². The molecule has 12 nitrogen and oxygen atoms in total. The summed E-state index contributed by atoms with van der Waals surface area (Å²) in [6.45, 7) is 0. The molecule has 0 aromatic heterocycles. The minimum absolute atomic E-state index is 0.990. The van der Waals surface area contributed by atoms with Crippen molar-refractivity contribution in [3.05, 3.63) is 0 Å². The van der Waals surface area contributed by atoms with Gasteiger partial charge in [-0.3, -0.25) is 0 Å². The molecule has 0 heterocycles. The van der Waals surface area contributed by atoms with Gasteiger partial charge in [0, 0.05) is 0 Å². The second kappa shape index (κ2) is 11.6. The van der Waals surface area contributed by atoms with E-state index in [4.69, 9.17) is 0 Å². The van der Waals surface area contributed by atoms with Crippen LogP contribution in [0.5, 0.6) is 0 Å². The average molecular weight is 398 g/mol. The van der Waals surface area contributed by atoms with Crippen molar-refractivity contribution < 1.29 is 34.5 Å². The Morgan fingerprint density at radius 2 is 0.722 bits per heavy atom. The first-order valence-corrected chi connectivity index (χ1v) is 6.25. The van der Waals surface area contributed by atoms with Gasteiger partial charge in [0.15, 0.2) is 0 Å². The molecule has 18 heavy (non-hydrogen) atoms. The molecule has 0 saturated heterocycles. The van der Waals surface area contributed by atoms with Crippen molar-refractivity contribution in [3.8, 4) is 0 Å². The summed E-state index contributed by atoms with van der Waals surface area (Å²) in [5.74, 6) is 0. The Balaban J connectivity index is 0. The molecule has 0 rings (SSSR count). The third-order valence-electron chi connectivity index (χ3n) is 0.465. The number of carbonyl (C=O) groups excluding carboxylic acids is 4. The molecule has 0 radical (unpaired) electrons. The zero-order valence-corrected chi connectivity index (χ0v) is 11.8. The van der Waals surface area contributed by atoms with Crippen LogP contribution in [0.4, 0.5) is 19.2 Å². The van der Waals surface area contributed by atoms with Crippen LogP contribution in [0, 0.1) is 0 Å². The molecule has 4 amide bonds. The number of primary amides is 4. The Morgan fingerprint density at radius 1 is 0.556 bits per heavy atom. The summed E-state index contributed by atoms with van der Waals surface area (Å²) >= 11 is -2.06. The molecule has 0 saturated carbocycles. The summed E-state index contributed by atoms with van der Waals surface area (Å²) in [6.07, 6.45) is -3.96. The Hall–Kier alpha value is -1.88. The van der Waals surface area contributed by atoms with E-state index in [0.717, 1.165) is 0 Å². The molecule has 0 bridgehead atoms. The topological polar surface area (TPSA) is 209 Å². The number of carbonyl (C=O) groups is 4. The van der Waals surface area contributed by atoms with E-state index < -0.39 is 55.6 Å². The van der Waals surface area contributed by atoms with E-state index >= 15 is 0 Å². The second-order valence-electron chi connectivity index (χ2n) is 1.75. The summed E-state index contributed by atoms with van der Waals surface area (Å²) in [5, 5.41) is 0. The Bertz CT molecular complexity index is 253. The van der Waals surface area contributed by atoms with E-state index in [1.54, 1.807) is 0 Å². The van der Waals surface area contributed by atoms with Crippen molar-refractivity contribution in [2.24, 2.45) is 22.9 Å². The third-order valence-corrected chi connectivity index (χ3v) is 2.41. The summed E-state index contributed by atoms with van der Waals surface area (Å²) in [5.41, 5.74) is 18.0. The first kappa shape index (κ1) is 18.5. The second-order valence-corrected chi connectivity index (χ2v) is 3.72. The van der Waals surface area contributed by atoms with E-state index in [2.05, 4.69) is 38.2 Å². The SMILES string of the molecule is NC(=O)O[Se]OC(N)=O.NC(=O)O[Se]OC(N)=O. The first-order chi connectivity index (χ1) is 8.25. The quantitative estimate of drug-likeness (QED) is 0.369. The van der Waals surface area contributed by atoms with Gasteiger partial charge in [0.25, 0.3) is 0 Å². The molecule has 8 N–H and O–H groups in total. The van der Waals surface area contributed by atoms with E-state index in [1.807, 2.05) is 0 Å². The minimum atomic E-state index is -1.03. The van der Waals surface area contributed by atoms with Crippen LogP contribution in [0.3, 0.4) is 0 Å². The molecule has 104 valence electrons. The molecule has 0 aliphatic carbocycles. The van der Waals surface area contributed by atoms with E-state index in [1.165, 1.54) is 0 Å². The van der Waals surface area contributed by atoms with Gasteiger partial charge in [0.2, 0.25) is 0 Å². The molecule has 0 aromatic carbocycles. The molecular weight excluding hydrogens is 390 g/mol. The molecule has 0 aliphatic heterocycles. The van der Waals surface area contributed by atoms with Crippen LogP contribution in [-0.2, 0) is 15.3 Å². The number of nitrogens with two attached hydrogens (primary N) is 4. The Morgan fingerprint density at radius 3 is 0.833 bits per heavy atom. The fourth-order valence-electron chi connectivity index (χ4n) is 0.168. The molecule has 0 unspecified atom stereocenters. The zero-order valence-electron chi connectivity index (χ0n) is 8.39. The maximum absolute atomic E-state index is 9.76. The fraction of sp³-hybridized carbons (Fsp3) is 0. The van der Waals surface area contributed by atoms with Gasteiger partial charge in [-0.25, -0.2) is 0 Å². The normalized spacial score (nSPS) is 8.00. The van der Waals surface area contributed by atoms with Gasteiger partial charge in [0.05, 0.1) is 0 Å². The summed E-state index contributed by atoms with van der Waals surface area (Å²) < 4.78 is 16.1. The van der Waals surface area contributed by atoms with Crippen molar-refractivity contribution in [2.45, 2.75) is 0 Å². The van der Waals surface area contributed by atoms with Crippen LogP contribution in [0.25, 0.3) is 0 Å². The summed E-state index contributed by atoms with van der Waals surface area (Å²) in [6, 6.07) is 0. The van der Waals surface area contributed by atoms with Crippen molar-refractivity contribution in [2.75, 3.05) is 0 Å². The number of hydrogen-bond acceptors (Lipinski definition) is 8. The predicted molar refractivity (Wildman–Crippen MR) is 54.2 cm³/mol. The first-order valence-electron chi connectivity index (χ1n) is 3.45. The van der Waals surface area contributed by atoms with E-state index in [-0.39, 0.29) is 0 Å². The van der Waals surface area contributed by atoms with Crippen molar-refractivity contribution >= 4 is 55.6 Å². The van der Waals surface area contributed by atoms with Crippen molar-refractivity contribution in [3.63, 3.8) is 0 Å². The number of rotatable bonds is 4. The van der Waals surface area contributed by atoms with Gasteiger partial charge in [-0.1, -0.05) is 0 Å². The van der Waals surface area contributed by atoms with Crippen LogP contribution in [0.2, 0.25) is 0 Å². The van der Waals surface area contributed by atoms with Gasteiger partial charge >= 0.3 is 113 Å². The summed E-state index contributed by atoms with van der Waals surface area (Å²) in [4.78, 5) is 39.1. The van der Waals surface area contributed by atoms with Crippen molar-refractivity contribution in [1.82, 2.24) is 0 Å². The maximum atomic E-state index is 9.76. The molecule has 0 aromatic rings. The fourth-order valence-corrected chi connectivity index (χ4v) is 0.874. The number of amides is 4. The van der Waals surface area contributed by atoms with Gasteiger partial charge in [0.1, 0.15) is 0 Å². The number of hydrogen-bond donors (Lipinski definition) is 4. The Labute approximate surface area is 113 Å². The van der Waals surface area contributed by atoms with E-state index in [0.29, 0.717) is 0 Å². The molecule has 0 fully saturated rings. The van der Waals surface area contributed by atoms with Crippen LogP contribution in [0.15, 0.2) is 0 Å². The van der Waals surface area contributed by atoms with Crippen LogP contribution in [-0.4, -0.2) is 55.6 Å². The predicted octanol–water partition coefficient (Wildman–Crippen LogP) is -2.58. The molecular formula is C4H8N4O8Se2. The standard InChI is InChI=1S/2C2H4N2O4Se/c2*3-1(5)7-9-8-2(4)6/h2*(H2,3,5)(H2,4,6). The molecule has 0 aliphatic rings. The average Bonchev–Trinajstić information content (AvgIpc) is 2.15. The Kier molecular flexibility index (Phi) is 11.9. The van der Waals surface area contributed by atoms with Crippen LogP contribution >= 0.6 is 0 Å². The van der Waals surface area contributed by atoms with Gasteiger partial charge in [-0.2, -0.15) is 0 Å². The molecule has 0 atom stereocenters. The monoisotopic (exact) mass is 400 g/mol. The van der Waals surface area contributed by atoms with Crippen molar-refractivity contribution in [1.29, 1.82) is 0 Å². The molecule has 14 heteroatoms. The van der Waals surface area contributed by atoms with E-state index in [9.17, 15) is 19.2 Å². The van der Waals surface area contributed by atoms with Gasteiger partial charge in [-0.15, -0.1) is 0 Å². The third kappa shape index (κ3) is 23.7. The summed E-state index contributed by atoms with van der Waals surface area (Å²) in [7, 11) is 0. The molecule has 0 spiro atoms. The van der Waals surface area contributed by atoms with Gasteiger partial charge < -0.3 is 0 Å². The zero-order chi connectivity index (χ0) is 14.6.